The maximum Gasteiger partial charge on any atom is 0.0447 e. The Bertz CT molecular complexity index is 307. The third-order valence-electron chi connectivity index (χ3n) is 2.70. The van der Waals surface area contributed by atoms with Crippen molar-refractivity contribution in [2.45, 2.75) is 19.4 Å². The second-order valence-corrected chi connectivity index (χ2v) is 3.69. The van der Waals surface area contributed by atoms with Crippen molar-refractivity contribution in [1.82, 2.24) is 5.32 Å². The molecule has 2 nitrogen and oxygen atoms in total. The van der Waals surface area contributed by atoms with Crippen LogP contribution in [0.1, 0.15) is 22.7 Å². The van der Waals surface area contributed by atoms with Crippen LogP contribution < -0.4 is 11.1 Å². The van der Waals surface area contributed by atoms with Crippen molar-refractivity contribution in [1.29, 1.82) is 0 Å². The molecule has 1 unspecified atom stereocenters. The van der Waals surface area contributed by atoms with Crippen LogP contribution in [0.2, 0.25) is 0 Å². The lowest BCUT2D eigenvalue weighted by Crippen LogP contribution is -2.34. The summed E-state index contributed by atoms with van der Waals surface area (Å²) in [6, 6.07) is 7.02. The van der Waals surface area contributed by atoms with Crippen molar-refractivity contribution in [2.24, 2.45) is 5.73 Å². The summed E-state index contributed by atoms with van der Waals surface area (Å²) in [5, 5.41) is 3.43. The first kappa shape index (κ1) is 8.73. The third kappa shape index (κ3) is 1.60. The Balaban J connectivity index is 2.41. The molecule has 1 aliphatic rings. The van der Waals surface area contributed by atoms with E-state index in [1.807, 2.05) is 0 Å². The van der Waals surface area contributed by atoms with E-state index in [0.717, 1.165) is 13.0 Å². The lowest BCUT2D eigenvalue weighted by Gasteiger charge is -2.26. The molecule has 0 fully saturated rings. The van der Waals surface area contributed by atoms with Gasteiger partial charge in [-0.2, -0.15) is 0 Å². The van der Waals surface area contributed by atoms with Crippen LogP contribution >= 0.6 is 0 Å². The predicted molar refractivity (Wildman–Crippen MR) is 54.7 cm³/mol. The van der Waals surface area contributed by atoms with Crippen LogP contribution in [0.5, 0.6) is 0 Å². The molecular weight excluding hydrogens is 160 g/mol. The van der Waals surface area contributed by atoms with E-state index < -0.39 is 0 Å². The van der Waals surface area contributed by atoms with Crippen molar-refractivity contribution >= 4 is 0 Å². The summed E-state index contributed by atoms with van der Waals surface area (Å²) in [6.45, 7) is 3.87. The molecular formula is C11H16N2. The molecule has 1 atom stereocenters. The second kappa shape index (κ2) is 3.48. The number of hydrogen-bond donors (Lipinski definition) is 2. The minimum Gasteiger partial charge on any atom is -0.329 e. The molecule has 0 saturated heterocycles. The van der Waals surface area contributed by atoms with Gasteiger partial charge in [-0.1, -0.05) is 23.8 Å². The van der Waals surface area contributed by atoms with Crippen molar-refractivity contribution in [2.75, 3.05) is 13.1 Å². The number of nitrogens with one attached hydrogen (secondary N) is 1. The summed E-state index contributed by atoms with van der Waals surface area (Å²) in [4.78, 5) is 0. The van der Waals surface area contributed by atoms with E-state index in [9.17, 15) is 0 Å². The molecule has 1 aliphatic heterocycles. The first-order valence-corrected chi connectivity index (χ1v) is 4.84. The average Bonchev–Trinajstić information content (AvgIpc) is 2.17. The standard InChI is InChI=1S/C11H16N2/c1-8-2-3-9-4-5-13-11(7-12)10(9)6-8/h2-3,6,11,13H,4-5,7,12H2,1H3. The van der Waals surface area contributed by atoms with Gasteiger partial charge in [-0.15, -0.1) is 0 Å². The highest BCUT2D eigenvalue weighted by Gasteiger charge is 2.17. The number of benzene rings is 1. The second-order valence-electron chi connectivity index (χ2n) is 3.69. The molecule has 2 rings (SSSR count). The highest BCUT2D eigenvalue weighted by molar-refractivity contribution is 5.36. The zero-order valence-electron chi connectivity index (χ0n) is 8.01. The molecule has 0 radical (unpaired) electrons. The summed E-state index contributed by atoms with van der Waals surface area (Å²) in [5.74, 6) is 0. The minimum atomic E-state index is 0.364. The van der Waals surface area contributed by atoms with Crippen LogP contribution in [0.4, 0.5) is 0 Å². The van der Waals surface area contributed by atoms with Crippen LogP contribution in [-0.2, 0) is 6.42 Å². The number of hydrogen-bond acceptors (Lipinski definition) is 2. The first-order valence-electron chi connectivity index (χ1n) is 4.84. The van der Waals surface area contributed by atoms with Crippen LogP contribution in [-0.4, -0.2) is 13.1 Å². The number of fused-ring (bicyclic) bond motifs is 1. The summed E-state index contributed by atoms with van der Waals surface area (Å²) in [5.41, 5.74) is 9.88. The fourth-order valence-electron chi connectivity index (χ4n) is 1.97. The highest BCUT2D eigenvalue weighted by Crippen LogP contribution is 2.22. The van der Waals surface area contributed by atoms with Crippen molar-refractivity contribution in [3.63, 3.8) is 0 Å². The third-order valence-corrected chi connectivity index (χ3v) is 2.70. The monoisotopic (exact) mass is 176 g/mol. The van der Waals surface area contributed by atoms with Gasteiger partial charge in [0.25, 0.3) is 0 Å². The molecule has 0 spiro atoms. The Morgan fingerprint density at radius 1 is 1.54 bits per heavy atom. The molecule has 1 aromatic rings. The van der Waals surface area contributed by atoms with E-state index in [2.05, 4.69) is 30.4 Å². The van der Waals surface area contributed by atoms with E-state index in [4.69, 9.17) is 5.73 Å². The van der Waals surface area contributed by atoms with E-state index >= 15 is 0 Å². The van der Waals surface area contributed by atoms with E-state index in [-0.39, 0.29) is 0 Å². The van der Waals surface area contributed by atoms with Crippen LogP contribution in [0.15, 0.2) is 18.2 Å². The normalized spacial score (nSPS) is 21.2. The lowest BCUT2D eigenvalue weighted by molar-refractivity contribution is 0.513. The molecule has 0 amide bonds. The molecule has 0 aliphatic carbocycles. The molecule has 0 saturated carbocycles. The zero-order chi connectivity index (χ0) is 9.26. The first-order chi connectivity index (χ1) is 6.31. The van der Waals surface area contributed by atoms with Crippen molar-refractivity contribution in [3.8, 4) is 0 Å². The van der Waals surface area contributed by atoms with Gasteiger partial charge in [-0.05, 0) is 31.0 Å². The summed E-state index contributed by atoms with van der Waals surface area (Å²) >= 11 is 0. The van der Waals surface area contributed by atoms with Gasteiger partial charge < -0.3 is 11.1 Å². The molecule has 3 N–H and O–H groups in total. The SMILES string of the molecule is Cc1ccc2c(c1)C(CN)NCC2. The fraction of sp³-hybridized carbons (Fsp3) is 0.455. The van der Waals surface area contributed by atoms with Gasteiger partial charge in [-0.3, -0.25) is 0 Å². The van der Waals surface area contributed by atoms with E-state index in [1.54, 1.807) is 0 Å². The van der Waals surface area contributed by atoms with Crippen LogP contribution in [0, 0.1) is 6.92 Å². The quantitative estimate of drug-likeness (QED) is 0.673. The lowest BCUT2D eigenvalue weighted by atomic mass is 9.93. The number of rotatable bonds is 1. The highest BCUT2D eigenvalue weighted by atomic mass is 14.9. The maximum atomic E-state index is 5.71. The largest absolute Gasteiger partial charge is 0.329 e. The summed E-state index contributed by atoms with van der Waals surface area (Å²) in [6.07, 6.45) is 1.13. The molecule has 0 aromatic heterocycles. The average molecular weight is 176 g/mol. The van der Waals surface area contributed by atoms with Gasteiger partial charge in [0.05, 0.1) is 0 Å². The van der Waals surface area contributed by atoms with Gasteiger partial charge in [0.15, 0.2) is 0 Å². The van der Waals surface area contributed by atoms with Crippen LogP contribution in [0.3, 0.4) is 0 Å². The Hall–Kier alpha value is -0.860. The van der Waals surface area contributed by atoms with E-state index in [1.165, 1.54) is 16.7 Å². The Morgan fingerprint density at radius 3 is 3.15 bits per heavy atom. The molecule has 70 valence electrons. The smallest absolute Gasteiger partial charge is 0.0447 e. The number of nitrogens with two attached hydrogens (primary N) is 1. The Labute approximate surface area is 79.1 Å². The van der Waals surface area contributed by atoms with Crippen LogP contribution in [0.25, 0.3) is 0 Å². The Morgan fingerprint density at radius 2 is 2.38 bits per heavy atom. The topological polar surface area (TPSA) is 38.0 Å². The summed E-state index contributed by atoms with van der Waals surface area (Å²) < 4.78 is 0. The number of aryl methyl sites for hydroxylation is 1. The molecule has 0 bridgehead atoms. The molecule has 2 heteroatoms. The van der Waals surface area contributed by atoms with Gasteiger partial charge in [0, 0.05) is 12.6 Å². The molecule has 1 aromatic carbocycles. The van der Waals surface area contributed by atoms with Gasteiger partial charge in [0.2, 0.25) is 0 Å². The van der Waals surface area contributed by atoms with Crippen molar-refractivity contribution in [3.05, 3.63) is 34.9 Å². The fourth-order valence-corrected chi connectivity index (χ4v) is 1.97. The summed E-state index contributed by atoms with van der Waals surface area (Å²) in [7, 11) is 0. The van der Waals surface area contributed by atoms with Crippen molar-refractivity contribution < 1.29 is 0 Å². The van der Waals surface area contributed by atoms with Gasteiger partial charge in [-0.25, -0.2) is 0 Å². The van der Waals surface area contributed by atoms with Gasteiger partial charge >= 0.3 is 0 Å². The van der Waals surface area contributed by atoms with E-state index in [0.29, 0.717) is 12.6 Å². The molecule has 13 heavy (non-hydrogen) atoms. The maximum absolute atomic E-state index is 5.71. The predicted octanol–water partition coefficient (Wildman–Crippen LogP) is 1.14. The minimum absolute atomic E-state index is 0.364. The van der Waals surface area contributed by atoms with Gasteiger partial charge in [0.1, 0.15) is 0 Å². The Kier molecular flexibility index (Phi) is 2.34. The zero-order valence-corrected chi connectivity index (χ0v) is 8.01. The molecule has 1 heterocycles.